The summed E-state index contributed by atoms with van der Waals surface area (Å²) in [7, 11) is 0. The Labute approximate surface area is 91.2 Å². The Balaban J connectivity index is 2.29. The lowest BCUT2D eigenvalue weighted by Gasteiger charge is -2.20. The third kappa shape index (κ3) is 3.80. The Hall–Kier alpha value is -0.610. The fourth-order valence-electron chi connectivity index (χ4n) is 1.73. The maximum absolute atomic E-state index is 10.8. The Morgan fingerprint density at radius 1 is 1.53 bits per heavy atom. The summed E-state index contributed by atoms with van der Waals surface area (Å²) < 4.78 is 5.69. The average molecular weight is 215 g/mol. The van der Waals surface area contributed by atoms with E-state index in [9.17, 15) is 4.79 Å². The second kappa shape index (κ2) is 5.47. The van der Waals surface area contributed by atoms with Crippen molar-refractivity contribution >= 4 is 5.97 Å². The number of rotatable bonds is 5. The number of carbonyl (C=O) groups is 1. The van der Waals surface area contributed by atoms with Crippen LogP contribution in [0.2, 0.25) is 0 Å². The van der Waals surface area contributed by atoms with Crippen LogP contribution in [0.15, 0.2) is 0 Å². The molecule has 0 aromatic heterocycles. The highest BCUT2D eigenvalue weighted by atomic mass is 16.5. The van der Waals surface area contributed by atoms with Gasteiger partial charge in [0.05, 0.1) is 6.10 Å². The van der Waals surface area contributed by atoms with Crippen molar-refractivity contribution < 1.29 is 14.6 Å². The number of carboxylic acids is 1. The van der Waals surface area contributed by atoms with Crippen molar-refractivity contribution in [2.24, 2.45) is 5.92 Å². The lowest BCUT2D eigenvalue weighted by atomic mass is 10.2. The maximum Gasteiger partial charge on any atom is 0.320 e. The van der Waals surface area contributed by atoms with Gasteiger partial charge in [0.1, 0.15) is 6.04 Å². The number of nitrogens with zero attached hydrogens (tertiary/aromatic N) is 1. The highest BCUT2D eigenvalue weighted by Crippen LogP contribution is 2.16. The van der Waals surface area contributed by atoms with Crippen molar-refractivity contribution in [3.63, 3.8) is 0 Å². The van der Waals surface area contributed by atoms with E-state index in [0.717, 1.165) is 26.1 Å². The van der Waals surface area contributed by atoms with Crippen LogP contribution in [-0.2, 0) is 9.53 Å². The number of ether oxygens (including phenoxy) is 1. The molecule has 1 saturated heterocycles. The van der Waals surface area contributed by atoms with Crippen LogP contribution < -0.4 is 0 Å². The molecule has 0 spiro atoms. The van der Waals surface area contributed by atoms with E-state index < -0.39 is 12.0 Å². The molecule has 0 saturated carbocycles. The van der Waals surface area contributed by atoms with Crippen LogP contribution in [0, 0.1) is 5.92 Å². The zero-order valence-electron chi connectivity index (χ0n) is 9.77. The van der Waals surface area contributed by atoms with Gasteiger partial charge in [0.25, 0.3) is 0 Å². The summed E-state index contributed by atoms with van der Waals surface area (Å²) in [5.41, 5.74) is 0. The van der Waals surface area contributed by atoms with Gasteiger partial charge < -0.3 is 9.84 Å². The summed E-state index contributed by atoms with van der Waals surface area (Å²) in [5, 5.41) is 8.86. The molecule has 0 bridgehead atoms. The smallest absolute Gasteiger partial charge is 0.320 e. The number of likely N-dealkylation sites (tertiary alicyclic amines) is 1. The van der Waals surface area contributed by atoms with Crippen molar-refractivity contribution in [3.05, 3.63) is 0 Å². The van der Waals surface area contributed by atoms with Crippen LogP contribution in [0.25, 0.3) is 0 Å². The molecule has 0 aromatic carbocycles. The minimum absolute atomic E-state index is 0.217. The fourth-order valence-corrected chi connectivity index (χ4v) is 1.73. The molecular formula is C11H21NO3. The largest absolute Gasteiger partial charge is 0.480 e. The van der Waals surface area contributed by atoms with E-state index in [1.165, 1.54) is 0 Å². The zero-order chi connectivity index (χ0) is 11.4. The van der Waals surface area contributed by atoms with Crippen molar-refractivity contribution in [2.75, 3.05) is 19.7 Å². The van der Waals surface area contributed by atoms with Crippen LogP contribution in [-0.4, -0.2) is 47.8 Å². The minimum Gasteiger partial charge on any atom is -0.480 e. The second-order valence-corrected chi connectivity index (χ2v) is 4.65. The minimum atomic E-state index is -0.750. The first-order valence-electron chi connectivity index (χ1n) is 5.59. The lowest BCUT2D eigenvalue weighted by Crippen LogP contribution is -2.38. The molecule has 1 aliphatic heterocycles. The number of aliphatic carboxylic acids is 1. The molecule has 1 N–H and O–H groups in total. The van der Waals surface area contributed by atoms with Crippen molar-refractivity contribution in [2.45, 2.75) is 39.3 Å². The van der Waals surface area contributed by atoms with Crippen LogP contribution in [0.5, 0.6) is 0 Å². The van der Waals surface area contributed by atoms with Crippen molar-refractivity contribution in [3.8, 4) is 0 Å². The summed E-state index contributed by atoms with van der Waals surface area (Å²) >= 11 is 0. The van der Waals surface area contributed by atoms with Crippen molar-refractivity contribution in [1.82, 2.24) is 4.90 Å². The molecule has 88 valence electrons. The topological polar surface area (TPSA) is 49.8 Å². The van der Waals surface area contributed by atoms with Crippen LogP contribution in [0.3, 0.4) is 0 Å². The highest BCUT2D eigenvalue weighted by molar-refractivity contribution is 5.72. The molecule has 0 aliphatic carbocycles. The van der Waals surface area contributed by atoms with E-state index in [4.69, 9.17) is 9.84 Å². The van der Waals surface area contributed by atoms with Crippen LogP contribution in [0.4, 0.5) is 0 Å². The molecule has 0 aromatic rings. The third-order valence-corrected chi connectivity index (χ3v) is 2.75. The Morgan fingerprint density at radius 2 is 2.20 bits per heavy atom. The van der Waals surface area contributed by atoms with Crippen LogP contribution in [0.1, 0.15) is 27.2 Å². The average Bonchev–Trinajstić information content (AvgIpc) is 2.61. The molecule has 4 heteroatoms. The predicted octanol–water partition coefficient (Wildman–Crippen LogP) is 1.21. The van der Waals surface area contributed by atoms with Gasteiger partial charge >= 0.3 is 5.97 Å². The summed E-state index contributed by atoms with van der Waals surface area (Å²) in [5.74, 6) is -0.213. The second-order valence-electron chi connectivity index (χ2n) is 4.65. The molecule has 1 aliphatic rings. The van der Waals surface area contributed by atoms with E-state index in [2.05, 4.69) is 13.8 Å². The summed E-state index contributed by atoms with van der Waals surface area (Å²) in [4.78, 5) is 12.7. The molecule has 1 fully saturated rings. The Morgan fingerprint density at radius 3 is 2.73 bits per heavy atom. The normalized spacial score (nSPS) is 24.7. The van der Waals surface area contributed by atoms with E-state index in [-0.39, 0.29) is 6.10 Å². The molecule has 1 heterocycles. The summed E-state index contributed by atoms with van der Waals surface area (Å²) in [6, 6.07) is -0.391. The van der Waals surface area contributed by atoms with Gasteiger partial charge in [0, 0.05) is 19.7 Å². The molecule has 4 nitrogen and oxygen atoms in total. The number of hydrogen-bond donors (Lipinski definition) is 1. The first-order valence-corrected chi connectivity index (χ1v) is 5.59. The zero-order valence-corrected chi connectivity index (χ0v) is 9.77. The molecule has 2 atom stereocenters. The Kier molecular flexibility index (Phi) is 4.54. The van der Waals surface area contributed by atoms with Gasteiger partial charge in [-0.1, -0.05) is 13.8 Å². The molecule has 0 radical (unpaired) electrons. The molecule has 2 unspecified atom stereocenters. The van der Waals surface area contributed by atoms with E-state index in [0.29, 0.717) is 5.92 Å². The van der Waals surface area contributed by atoms with Crippen LogP contribution >= 0.6 is 0 Å². The van der Waals surface area contributed by atoms with Gasteiger partial charge in [-0.25, -0.2) is 0 Å². The summed E-state index contributed by atoms with van der Waals surface area (Å²) in [6.45, 7) is 8.31. The van der Waals surface area contributed by atoms with Gasteiger partial charge in [-0.15, -0.1) is 0 Å². The lowest BCUT2D eigenvalue weighted by molar-refractivity contribution is -0.142. The fraction of sp³-hybridized carbons (Fsp3) is 0.909. The molecule has 15 heavy (non-hydrogen) atoms. The monoisotopic (exact) mass is 215 g/mol. The summed E-state index contributed by atoms with van der Waals surface area (Å²) in [6.07, 6.45) is 1.17. The maximum atomic E-state index is 10.8. The Bertz CT molecular complexity index is 218. The van der Waals surface area contributed by atoms with Crippen molar-refractivity contribution in [1.29, 1.82) is 0 Å². The number of carboxylic acid groups (broad SMARTS) is 1. The van der Waals surface area contributed by atoms with E-state index >= 15 is 0 Å². The van der Waals surface area contributed by atoms with E-state index in [1.54, 1.807) is 6.92 Å². The molecular weight excluding hydrogens is 194 g/mol. The van der Waals surface area contributed by atoms with Gasteiger partial charge in [-0.3, -0.25) is 9.69 Å². The number of hydrogen-bond acceptors (Lipinski definition) is 3. The first kappa shape index (κ1) is 12.5. The van der Waals surface area contributed by atoms with Gasteiger partial charge in [-0.2, -0.15) is 0 Å². The van der Waals surface area contributed by atoms with Gasteiger partial charge in [0.2, 0.25) is 0 Å². The highest BCUT2D eigenvalue weighted by Gasteiger charge is 2.29. The molecule has 1 rings (SSSR count). The van der Waals surface area contributed by atoms with E-state index in [1.807, 2.05) is 4.90 Å². The standard InChI is InChI=1S/C11H21NO3/c1-8(2)7-15-10-4-5-12(6-10)9(3)11(13)14/h8-10H,4-7H2,1-3H3,(H,13,14). The SMILES string of the molecule is CC(C)COC1CCN(C(C)C(=O)O)C1. The van der Waals surface area contributed by atoms with Gasteiger partial charge in [0.15, 0.2) is 0 Å². The molecule has 0 amide bonds. The third-order valence-electron chi connectivity index (χ3n) is 2.75. The van der Waals surface area contributed by atoms with Gasteiger partial charge in [-0.05, 0) is 19.3 Å². The quantitative estimate of drug-likeness (QED) is 0.749. The first-order chi connectivity index (χ1) is 7.00. The predicted molar refractivity (Wildman–Crippen MR) is 57.9 cm³/mol.